The van der Waals surface area contributed by atoms with Gasteiger partial charge in [0, 0.05) is 19.1 Å². The Morgan fingerprint density at radius 2 is 1.62 bits per heavy atom. The molecule has 1 unspecified atom stereocenters. The van der Waals surface area contributed by atoms with Crippen LogP contribution in [0.15, 0.2) is 55.6 Å². The summed E-state index contributed by atoms with van der Waals surface area (Å²) in [6, 6.07) is 10.9. The molecule has 88 valence electrons. The van der Waals surface area contributed by atoms with E-state index in [-0.39, 0.29) is 17.0 Å². The molecular weight excluding hydrogens is 262 g/mol. The van der Waals surface area contributed by atoms with Crippen molar-refractivity contribution in [2.75, 3.05) is 13.1 Å². The predicted molar refractivity (Wildman–Crippen MR) is 77.1 cm³/mol. The molecule has 0 bridgehead atoms. The largest absolute Gasteiger partial charge is 0.289 e. The van der Waals surface area contributed by atoms with E-state index in [0.717, 1.165) is 13.1 Å². The minimum absolute atomic E-state index is 0. The van der Waals surface area contributed by atoms with Crippen LogP contribution in [0.5, 0.6) is 0 Å². The maximum Gasteiger partial charge on any atom is 0.0326 e. The number of rotatable bonds is 6. The van der Waals surface area contributed by atoms with Crippen molar-refractivity contribution in [3.8, 4) is 0 Å². The molecule has 1 aromatic carbocycles. The van der Waals surface area contributed by atoms with Gasteiger partial charge in [-0.25, -0.2) is 0 Å². The summed E-state index contributed by atoms with van der Waals surface area (Å²) < 4.78 is 0. The van der Waals surface area contributed by atoms with Gasteiger partial charge in [-0.2, -0.15) is 0 Å². The monoisotopic (exact) mass is 281 g/mol. The SMILES string of the molecule is Br.C=CCN(CC=C)C(C)c1ccccc1. The molecule has 0 aliphatic rings. The van der Waals surface area contributed by atoms with Crippen LogP contribution in [-0.4, -0.2) is 18.0 Å². The van der Waals surface area contributed by atoms with Gasteiger partial charge in [0.25, 0.3) is 0 Å². The van der Waals surface area contributed by atoms with Gasteiger partial charge in [0.2, 0.25) is 0 Å². The van der Waals surface area contributed by atoms with Crippen LogP contribution < -0.4 is 0 Å². The number of nitrogens with zero attached hydrogens (tertiary/aromatic N) is 1. The molecule has 0 saturated carbocycles. The topological polar surface area (TPSA) is 3.24 Å². The highest BCUT2D eigenvalue weighted by atomic mass is 79.9. The smallest absolute Gasteiger partial charge is 0.0326 e. The summed E-state index contributed by atoms with van der Waals surface area (Å²) in [4.78, 5) is 2.33. The Morgan fingerprint density at radius 1 is 1.12 bits per heavy atom. The summed E-state index contributed by atoms with van der Waals surface area (Å²) in [5.74, 6) is 0. The minimum atomic E-state index is 0. The molecule has 0 N–H and O–H groups in total. The number of hydrogen-bond acceptors (Lipinski definition) is 1. The van der Waals surface area contributed by atoms with Crippen molar-refractivity contribution >= 4 is 17.0 Å². The third-order valence-corrected chi connectivity index (χ3v) is 2.56. The Kier molecular flexibility index (Phi) is 7.86. The second-order valence-electron chi connectivity index (χ2n) is 3.62. The highest BCUT2D eigenvalue weighted by molar-refractivity contribution is 8.93. The molecule has 0 fully saturated rings. The fourth-order valence-electron chi connectivity index (χ4n) is 1.66. The molecular formula is C14H20BrN. The van der Waals surface area contributed by atoms with Crippen LogP contribution >= 0.6 is 17.0 Å². The third-order valence-electron chi connectivity index (χ3n) is 2.56. The molecule has 2 heteroatoms. The Hall–Kier alpha value is -0.860. The first-order valence-corrected chi connectivity index (χ1v) is 5.30. The Balaban J connectivity index is 0.00000225. The van der Waals surface area contributed by atoms with Gasteiger partial charge in [0.15, 0.2) is 0 Å². The number of hydrogen-bond donors (Lipinski definition) is 0. The summed E-state index contributed by atoms with van der Waals surface area (Å²) in [6.07, 6.45) is 3.87. The van der Waals surface area contributed by atoms with E-state index in [0.29, 0.717) is 6.04 Å². The van der Waals surface area contributed by atoms with Crippen LogP contribution in [0.25, 0.3) is 0 Å². The van der Waals surface area contributed by atoms with Crippen LogP contribution in [0.1, 0.15) is 18.5 Å². The lowest BCUT2D eigenvalue weighted by Crippen LogP contribution is -2.27. The molecule has 16 heavy (non-hydrogen) atoms. The lowest BCUT2D eigenvalue weighted by Gasteiger charge is -2.27. The van der Waals surface area contributed by atoms with E-state index in [2.05, 4.69) is 49.2 Å². The van der Waals surface area contributed by atoms with Crippen LogP contribution in [0.4, 0.5) is 0 Å². The van der Waals surface area contributed by atoms with Crippen molar-refractivity contribution in [2.45, 2.75) is 13.0 Å². The molecule has 1 nitrogen and oxygen atoms in total. The van der Waals surface area contributed by atoms with Gasteiger partial charge in [-0.1, -0.05) is 42.5 Å². The summed E-state index contributed by atoms with van der Waals surface area (Å²) >= 11 is 0. The van der Waals surface area contributed by atoms with E-state index in [1.807, 2.05) is 18.2 Å². The summed E-state index contributed by atoms with van der Waals surface area (Å²) in [5, 5.41) is 0. The maximum atomic E-state index is 3.78. The number of benzene rings is 1. The molecule has 0 aliphatic carbocycles. The summed E-state index contributed by atoms with van der Waals surface area (Å²) in [5.41, 5.74) is 1.33. The molecule has 0 heterocycles. The van der Waals surface area contributed by atoms with Crippen molar-refractivity contribution in [3.05, 3.63) is 61.2 Å². The van der Waals surface area contributed by atoms with Crippen molar-refractivity contribution < 1.29 is 0 Å². The van der Waals surface area contributed by atoms with Gasteiger partial charge < -0.3 is 0 Å². The fourth-order valence-corrected chi connectivity index (χ4v) is 1.66. The van der Waals surface area contributed by atoms with Crippen molar-refractivity contribution in [3.63, 3.8) is 0 Å². The molecule has 1 aromatic rings. The standard InChI is InChI=1S/C14H19N.BrH/c1-4-11-15(12-5-2)13(3)14-9-7-6-8-10-14;/h4-10,13H,1-2,11-12H2,3H3;1H. The highest BCUT2D eigenvalue weighted by Crippen LogP contribution is 2.19. The highest BCUT2D eigenvalue weighted by Gasteiger charge is 2.12. The van der Waals surface area contributed by atoms with Gasteiger partial charge in [-0.3, -0.25) is 4.90 Å². The van der Waals surface area contributed by atoms with Gasteiger partial charge in [-0.15, -0.1) is 30.1 Å². The first-order valence-electron chi connectivity index (χ1n) is 5.30. The lowest BCUT2D eigenvalue weighted by atomic mass is 10.1. The van der Waals surface area contributed by atoms with Crippen LogP contribution in [0.2, 0.25) is 0 Å². The van der Waals surface area contributed by atoms with E-state index in [9.17, 15) is 0 Å². The molecule has 0 aliphatic heterocycles. The zero-order chi connectivity index (χ0) is 11.1. The second kappa shape index (κ2) is 8.31. The summed E-state index contributed by atoms with van der Waals surface area (Å²) in [6.45, 7) is 11.6. The second-order valence-corrected chi connectivity index (χ2v) is 3.62. The Morgan fingerprint density at radius 3 is 2.06 bits per heavy atom. The fraction of sp³-hybridized carbons (Fsp3) is 0.286. The summed E-state index contributed by atoms with van der Waals surface area (Å²) in [7, 11) is 0. The van der Waals surface area contributed by atoms with Crippen LogP contribution in [-0.2, 0) is 0 Å². The van der Waals surface area contributed by atoms with E-state index < -0.39 is 0 Å². The maximum absolute atomic E-state index is 3.78. The van der Waals surface area contributed by atoms with Gasteiger partial charge in [0.1, 0.15) is 0 Å². The first kappa shape index (κ1) is 15.1. The quantitative estimate of drug-likeness (QED) is 0.713. The third kappa shape index (κ3) is 4.33. The number of halogens is 1. The Labute approximate surface area is 109 Å². The van der Waals surface area contributed by atoms with Gasteiger partial charge in [0.05, 0.1) is 0 Å². The van der Waals surface area contributed by atoms with E-state index in [4.69, 9.17) is 0 Å². The van der Waals surface area contributed by atoms with Crippen LogP contribution in [0.3, 0.4) is 0 Å². The molecule has 1 rings (SSSR count). The molecule has 0 amide bonds. The normalized spacial score (nSPS) is 11.6. The zero-order valence-electron chi connectivity index (χ0n) is 9.80. The van der Waals surface area contributed by atoms with Crippen molar-refractivity contribution in [1.82, 2.24) is 4.90 Å². The predicted octanol–water partition coefficient (Wildman–Crippen LogP) is 4.00. The average molecular weight is 282 g/mol. The molecule has 1 atom stereocenters. The first-order chi connectivity index (χ1) is 7.29. The van der Waals surface area contributed by atoms with Crippen molar-refractivity contribution in [2.24, 2.45) is 0 Å². The zero-order valence-corrected chi connectivity index (χ0v) is 11.5. The lowest BCUT2D eigenvalue weighted by molar-refractivity contribution is 0.260. The molecule has 0 aromatic heterocycles. The van der Waals surface area contributed by atoms with Gasteiger partial charge >= 0.3 is 0 Å². The van der Waals surface area contributed by atoms with E-state index >= 15 is 0 Å². The van der Waals surface area contributed by atoms with E-state index in [1.54, 1.807) is 0 Å². The molecule has 0 spiro atoms. The van der Waals surface area contributed by atoms with E-state index in [1.165, 1.54) is 5.56 Å². The molecule has 0 saturated heterocycles. The Bertz CT molecular complexity index is 298. The molecule has 0 radical (unpaired) electrons. The average Bonchev–Trinajstić information content (AvgIpc) is 2.29. The van der Waals surface area contributed by atoms with Crippen molar-refractivity contribution in [1.29, 1.82) is 0 Å². The van der Waals surface area contributed by atoms with Gasteiger partial charge in [-0.05, 0) is 12.5 Å². The van der Waals surface area contributed by atoms with Crippen LogP contribution in [0, 0.1) is 0 Å². The minimum Gasteiger partial charge on any atom is -0.289 e.